The third kappa shape index (κ3) is 5.53. The van der Waals surface area contributed by atoms with Crippen LogP contribution in [0.1, 0.15) is 47.4 Å². The molecular formula is C20H28N2O5. The van der Waals surface area contributed by atoms with Gasteiger partial charge in [0.25, 0.3) is 11.8 Å². The van der Waals surface area contributed by atoms with Gasteiger partial charge in [-0.05, 0) is 56.9 Å². The highest BCUT2D eigenvalue weighted by molar-refractivity contribution is 5.97. The molecule has 1 unspecified atom stereocenters. The molecule has 1 aliphatic rings. The van der Waals surface area contributed by atoms with Crippen molar-refractivity contribution in [2.24, 2.45) is 11.8 Å². The Balaban J connectivity index is 1.96. The lowest BCUT2D eigenvalue weighted by atomic mass is 9.86. The molecule has 1 aromatic rings. The molecule has 0 bridgehead atoms. The molecule has 0 radical (unpaired) electrons. The zero-order valence-electron chi connectivity index (χ0n) is 15.9. The number of benzene rings is 1. The van der Waals surface area contributed by atoms with E-state index in [0.29, 0.717) is 50.3 Å². The second kappa shape index (κ2) is 10.1. The number of carbonyl (C=O) groups is 3. The molecule has 1 atom stereocenters. The second-order valence-corrected chi connectivity index (χ2v) is 6.66. The Morgan fingerprint density at radius 2 is 1.67 bits per heavy atom. The summed E-state index contributed by atoms with van der Waals surface area (Å²) in [5.74, 6) is -1.93. The van der Waals surface area contributed by atoms with Gasteiger partial charge in [0, 0.05) is 44.0 Å². The van der Waals surface area contributed by atoms with Gasteiger partial charge in [-0.1, -0.05) is 0 Å². The molecule has 148 valence electrons. The average Bonchev–Trinajstić information content (AvgIpc) is 2.69. The van der Waals surface area contributed by atoms with Gasteiger partial charge in [0.2, 0.25) is 0 Å². The molecule has 1 fully saturated rings. The zero-order valence-corrected chi connectivity index (χ0v) is 15.9. The van der Waals surface area contributed by atoms with E-state index < -0.39 is 11.9 Å². The highest BCUT2D eigenvalue weighted by Gasteiger charge is 2.30. The van der Waals surface area contributed by atoms with E-state index in [9.17, 15) is 19.5 Å². The largest absolute Gasteiger partial charge is 0.481 e. The van der Waals surface area contributed by atoms with Gasteiger partial charge in [-0.2, -0.15) is 0 Å². The van der Waals surface area contributed by atoms with Crippen LogP contribution in [0.3, 0.4) is 0 Å². The maximum absolute atomic E-state index is 12.4. The second-order valence-electron chi connectivity index (χ2n) is 6.66. The summed E-state index contributed by atoms with van der Waals surface area (Å²) in [7, 11) is 0. The number of carboxylic acids is 1. The van der Waals surface area contributed by atoms with Crippen molar-refractivity contribution in [3.05, 3.63) is 35.4 Å². The number of hydrogen-bond acceptors (Lipinski definition) is 4. The van der Waals surface area contributed by atoms with Crippen LogP contribution in [-0.4, -0.2) is 60.6 Å². The van der Waals surface area contributed by atoms with E-state index in [1.807, 2.05) is 13.8 Å². The Morgan fingerprint density at radius 1 is 1.11 bits per heavy atom. The first kappa shape index (κ1) is 20.9. The number of rotatable bonds is 8. The molecule has 7 heteroatoms. The highest BCUT2D eigenvalue weighted by Crippen LogP contribution is 2.23. The van der Waals surface area contributed by atoms with Gasteiger partial charge in [0.1, 0.15) is 0 Å². The van der Waals surface area contributed by atoms with Gasteiger partial charge in [-0.25, -0.2) is 0 Å². The van der Waals surface area contributed by atoms with E-state index in [2.05, 4.69) is 5.32 Å². The fraction of sp³-hybridized carbons (Fsp3) is 0.550. The van der Waals surface area contributed by atoms with Crippen molar-refractivity contribution in [1.82, 2.24) is 10.2 Å². The lowest BCUT2D eigenvalue weighted by Gasteiger charge is -2.27. The predicted molar refractivity (Wildman–Crippen MR) is 101 cm³/mol. The van der Waals surface area contributed by atoms with E-state index in [1.165, 1.54) is 0 Å². The minimum absolute atomic E-state index is 0.00520. The van der Waals surface area contributed by atoms with Gasteiger partial charge >= 0.3 is 5.97 Å². The smallest absolute Gasteiger partial charge is 0.308 e. The van der Waals surface area contributed by atoms with Crippen LogP contribution in [-0.2, 0) is 9.53 Å². The zero-order chi connectivity index (χ0) is 19.8. The number of nitrogens with zero attached hydrogens (tertiary/aromatic N) is 1. The average molecular weight is 376 g/mol. The SMILES string of the molecule is CCN(CC)C(=O)c1ccc(C(=O)NCC(C(=O)O)C2CCOCC2)cc1. The maximum atomic E-state index is 12.4. The summed E-state index contributed by atoms with van der Waals surface area (Å²) in [6.45, 7) is 6.29. The fourth-order valence-corrected chi connectivity index (χ4v) is 3.34. The summed E-state index contributed by atoms with van der Waals surface area (Å²) in [5.41, 5.74) is 0.933. The van der Waals surface area contributed by atoms with Gasteiger partial charge in [-0.3, -0.25) is 14.4 Å². The maximum Gasteiger partial charge on any atom is 0.308 e. The van der Waals surface area contributed by atoms with Crippen molar-refractivity contribution in [3.63, 3.8) is 0 Å². The number of amides is 2. The summed E-state index contributed by atoms with van der Waals surface area (Å²) < 4.78 is 5.28. The number of aliphatic carboxylic acids is 1. The molecule has 27 heavy (non-hydrogen) atoms. The number of carbonyl (C=O) groups excluding carboxylic acids is 2. The number of hydrogen-bond donors (Lipinski definition) is 2. The first-order valence-corrected chi connectivity index (χ1v) is 9.46. The van der Waals surface area contributed by atoms with E-state index >= 15 is 0 Å². The van der Waals surface area contributed by atoms with Crippen molar-refractivity contribution >= 4 is 17.8 Å². The first-order valence-electron chi connectivity index (χ1n) is 9.46. The van der Waals surface area contributed by atoms with E-state index in [-0.39, 0.29) is 24.3 Å². The fourth-order valence-electron chi connectivity index (χ4n) is 3.34. The van der Waals surface area contributed by atoms with Crippen molar-refractivity contribution in [2.45, 2.75) is 26.7 Å². The van der Waals surface area contributed by atoms with Crippen LogP contribution in [0.15, 0.2) is 24.3 Å². The molecule has 1 aliphatic heterocycles. The normalized spacial score (nSPS) is 15.8. The Kier molecular flexibility index (Phi) is 7.79. The lowest BCUT2D eigenvalue weighted by Crippen LogP contribution is -2.39. The molecule has 2 amide bonds. The summed E-state index contributed by atoms with van der Waals surface area (Å²) in [4.78, 5) is 37.9. The Bertz CT molecular complexity index is 649. The minimum Gasteiger partial charge on any atom is -0.481 e. The first-order chi connectivity index (χ1) is 13.0. The van der Waals surface area contributed by atoms with Crippen molar-refractivity contribution in [3.8, 4) is 0 Å². The molecule has 0 aromatic heterocycles. The number of nitrogens with one attached hydrogen (secondary N) is 1. The summed E-state index contributed by atoms with van der Waals surface area (Å²) in [6.07, 6.45) is 1.38. The summed E-state index contributed by atoms with van der Waals surface area (Å²) >= 11 is 0. The monoisotopic (exact) mass is 376 g/mol. The van der Waals surface area contributed by atoms with Crippen LogP contribution < -0.4 is 5.32 Å². The van der Waals surface area contributed by atoms with Crippen molar-refractivity contribution < 1.29 is 24.2 Å². The molecule has 2 rings (SSSR count). The van der Waals surface area contributed by atoms with Gasteiger partial charge in [0.05, 0.1) is 5.92 Å². The molecule has 1 aromatic carbocycles. The van der Waals surface area contributed by atoms with Crippen molar-refractivity contribution in [1.29, 1.82) is 0 Å². The number of ether oxygens (including phenoxy) is 1. The van der Waals surface area contributed by atoms with Crippen molar-refractivity contribution in [2.75, 3.05) is 32.8 Å². The predicted octanol–water partition coefficient (Wildman–Crippen LogP) is 2.03. The van der Waals surface area contributed by atoms with Crippen LogP contribution in [0, 0.1) is 11.8 Å². The molecular weight excluding hydrogens is 348 g/mol. The van der Waals surface area contributed by atoms with Crippen LogP contribution in [0.4, 0.5) is 0 Å². The van der Waals surface area contributed by atoms with Crippen LogP contribution in [0.2, 0.25) is 0 Å². The van der Waals surface area contributed by atoms with E-state index in [4.69, 9.17) is 4.74 Å². The molecule has 0 saturated carbocycles. The molecule has 1 heterocycles. The summed E-state index contributed by atoms with van der Waals surface area (Å²) in [5, 5.41) is 12.2. The quantitative estimate of drug-likeness (QED) is 0.724. The van der Waals surface area contributed by atoms with Gasteiger partial charge in [0.15, 0.2) is 0 Å². The third-order valence-electron chi connectivity index (χ3n) is 5.08. The van der Waals surface area contributed by atoms with Crippen LogP contribution in [0.25, 0.3) is 0 Å². The highest BCUT2D eigenvalue weighted by atomic mass is 16.5. The Morgan fingerprint density at radius 3 is 2.19 bits per heavy atom. The molecule has 1 saturated heterocycles. The molecule has 0 spiro atoms. The molecule has 2 N–H and O–H groups in total. The van der Waals surface area contributed by atoms with Crippen LogP contribution in [0.5, 0.6) is 0 Å². The lowest BCUT2D eigenvalue weighted by molar-refractivity contribution is -0.144. The minimum atomic E-state index is -0.901. The molecule has 0 aliphatic carbocycles. The topological polar surface area (TPSA) is 95.9 Å². The Hall–Kier alpha value is -2.41. The third-order valence-corrected chi connectivity index (χ3v) is 5.08. The standard InChI is InChI=1S/C20H28N2O5/c1-3-22(4-2)19(24)16-7-5-15(6-8-16)18(23)21-13-17(20(25)26)14-9-11-27-12-10-14/h5-8,14,17H,3-4,9-13H2,1-2H3,(H,21,23)(H,25,26). The molecule has 7 nitrogen and oxygen atoms in total. The van der Waals surface area contributed by atoms with E-state index in [0.717, 1.165) is 0 Å². The van der Waals surface area contributed by atoms with Gasteiger partial charge in [-0.15, -0.1) is 0 Å². The van der Waals surface area contributed by atoms with Crippen LogP contribution >= 0.6 is 0 Å². The van der Waals surface area contributed by atoms with E-state index in [1.54, 1.807) is 29.2 Å². The summed E-state index contributed by atoms with van der Waals surface area (Å²) in [6, 6.07) is 6.44. The Labute approximate surface area is 159 Å². The van der Waals surface area contributed by atoms with Gasteiger partial charge < -0.3 is 20.1 Å². The number of carboxylic acid groups (broad SMARTS) is 1.